The molecule has 31 heavy (non-hydrogen) atoms. The Bertz CT molecular complexity index is 1060. The second-order valence-electron chi connectivity index (χ2n) is 6.34. The van der Waals surface area contributed by atoms with Crippen LogP contribution in [0.4, 0.5) is 5.00 Å². The smallest absolute Gasteiger partial charge is 0.375 e. The fourth-order valence-corrected chi connectivity index (χ4v) is 3.60. The molecule has 1 aromatic carbocycles. The second kappa shape index (κ2) is 10.4. The largest absolute Gasteiger partial charge is 0.489 e. The van der Waals surface area contributed by atoms with E-state index in [4.69, 9.17) is 18.6 Å². The lowest BCUT2D eigenvalue weighted by Gasteiger charge is -2.07. The maximum atomic E-state index is 12.3. The van der Waals surface area contributed by atoms with E-state index in [1.54, 1.807) is 38.1 Å². The Kier molecular flexibility index (Phi) is 7.45. The highest BCUT2D eigenvalue weighted by Gasteiger charge is 2.20. The van der Waals surface area contributed by atoms with Crippen LogP contribution in [0.5, 0.6) is 5.75 Å². The van der Waals surface area contributed by atoms with Crippen molar-refractivity contribution in [2.45, 2.75) is 20.5 Å². The van der Waals surface area contributed by atoms with E-state index in [0.717, 1.165) is 11.3 Å². The van der Waals surface area contributed by atoms with Crippen LogP contribution in [0.15, 0.2) is 53.1 Å². The van der Waals surface area contributed by atoms with Gasteiger partial charge in [-0.3, -0.25) is 4.79 Å². The van der Waals surface area contributed by atoms with E-state index in [9.17, 15) is 14.4 Å². The number of nitrogens with one attached hydrogen (secondary N) is 1. The van der Waals surface area contributed by atoms with E-state index in [0.29, 0.717) is 26.8 Å². The van der Waals surface area contributed by atoms with Crippen LogP contribution >= 0.6 is 11.3 Å². The van der Waals surface area contributed by atoms with Crippen LogP contribution in [0.1, 0.15) is 38.3 Å². The topological polar surface area (TPSA) is 104 Å². The zero-order chi connectivity index (χ0) is 22.2. The van der Waals surface area contributed by atoms with E-state index in [1.807, 2.05) is 18.2 Å². The number of amides is 1. The van der Waals surface area contributed by atoms with E-state index in [1.165, 1.54) is 6.26 Å². The average molecular weight is 443 g/mol. The van der Waals surface area contributed by atoms with Crippen LogP contribution in [0, 0.1) is 6.92 Å². The Morgan fingerprint density at radius 1 is 1.06 bits per heavy atom. The lowest BCUT2D eigenvalue weighted by Crippen LogP contribution is -2.20. The number of benzene rings is 1. The SMILES string of the molecule is CCOC(=O)c1sc(NC(=O)COC(=O)c2occc2COc2ccccc2)cc1C. The minimum atomic E-state index is -0.776. The molecule has 0 radical (unpaired) electrons. The van der Waals surface area contributed by atoms with Gasteiger partial charge in [0, 0.05) is 5.56 Å². The molecule has 0 unspecified atom stereocenters. The molecule has 2 aromatic heterocycles. The summed E-state index contributed by atoms with van der Waals surface area (Å²) in [5.41, 5.74) is 1.19. The molecule has 0 aliphatic rings. The molecule has 162 valence electrons. The predicted molar refractivity (Wildman–Crippen MR) is 113 cm³/mol. The Balaban J connectivity index is 1.52. The van der Waals surface area contributed by atoms with Crippen molar-refractivity contribution in [3.05, 3.63) is 70.5 Å². The first kappa shape index (κ1) is 22.1. The monoisotopic (exact) mass is 443 g/mol. The van der Waals surface area contributed by atoms with Gasteiger partial charge in [0.05, 0.1) is 17.9 Å². The number of hydrogen-bond acceptors (Lipinski definition) is 8. The van der Waals surface area contributed by atoms with Crippen molar-refractivity contribution in [3.63, 3.8) is 0 Å². The molecular formula is C22H21NO7S. The van der Waals surface area contributed by atoms with Gasteiger partial charge in [-0.1, -0.05) is 18.2 Å². The predicted octanol–water partition coefficient (Wildman–Crippen LogP) is 4.20. The molecule has 0 saturated heterocycles. The number of anilines is 1. The molecular weight excluding hydrogens is 422 g/mol. The van der Waals surface area contributed by atoms with Crippen molar-refractivity contribution in [2.24, 2.45) is 0 Å². The molecule has 0 bridgehead atoms. The van der Waals surface area contributed by atoms with Crippen LogP contribution in [0.2, 0.25) is 0 Å². The molecule has 0 aliphatic carbocycles. The first-order valence-electron chi connectivity index (χ1n) is 9.46. The zero-order valence-corrected chi connectivity index (χ0v) is 17.8. The van der Waals surface area contributed by atoms with E-state index >= 15 is 0 Å². The molecule has 3 rings (SSSR count). The summed E-state index contributed by atoms with van der Waals surface area (Å²) >= 11 is 1.09. The number of ether oxygens (including phenoxy) is 3. The van der Waals surface area contributed by atoms with Crippen molar-refractivity contribution in [1.29, 1.82) is 0 Å². The highest BCUT2D eigenvalue weighted by Crippen LogP contribution is 2.27. The van der Waals surface area contributed by atoms with Crippen LogP contribution in [0.25, 0.3) is 0 Å². The number of furan rings is 1. The fraction of sp³-hybridized carbons (Fsp3) is 0.227. The van der Waals surface area contributed by atoms with Crippen LogP contribution in [-0.2, 0) is 20.9 Å². The molecule has 1 amide bonds. The maximum absolute atomic E-state index is 12.3. The number of hydrogen-bond donors (Lipinski definition) is 1. The lowest BCUT2D eigenvalue weighted by atomic mass is 10.2. The van der Waals surface area contributed by atoms with Gasteiger partial charge in [-0.05, 0) is 43.7 Å². The molecule has 0 spiro atoms. The quantitative estimate of drug-likeness (QED) is 0.494. The number of thiophene rings is 1. The van der Waals surface area contributed by atoms with Gasteiger partial charge in [0.25, 0.3) is 5.91 Å². The first-order valence-corrected chi connectivity index (χ1v) is 10.3. The fourth-order valence-electron chi connectivity index (χ4n) is 2.62. The summed E-state index contributed by atoms with van der Waals surface area (Å²) in [6, 6.07) is 12.4. The summed E-state index contributed by atoms with van der Waals surface area (Å²) in [6.07, 6.45) is 1.35. The molecule has 0 aliphatic heterocycles. The average Bonchev–Trinajstić information content (AvgIpc) is 3.38. The van der Waals surface area contributed by atoms with Gasteiger partial charge in [-0.15, -0.1) is 11.3 Å². The third-order valence-electron chi connectivity index (χ3n) is 4.05. The number of carbonyl (C=O) groups excluding carboxylic acids is 3. The van der Waals surface area contributed by atoms with Crippen molar-refractivity contribution in [1.82, 2.24) is 0 Å². The third kappa shape index (κ3) is 5.95. The number of rotatable bonds is 9. The molecule has 0 atom stereocenters. The molecule has 3 aromatic rings. The summed E-state index contributed by atoms with van der Waals surface area (Å²) < 4.78 is 20.8. The summed E-state index contributed by atoms with van der Waals surface area (Å²) in [4.78, 5) is 36.7. The molecule has 9 heteroatoms. The molecule has 2 heterocycles. The van der Waals surface area contributed by atoms with Gasteiger partial charge in [-0.25, -0.2) is 9.59 Å². The minimum absolute atomic E-state index is 0.0275. The minimum Gasteiger partial charge on any atom is -0.489 e. The summed E-state index contributed by atoms with van der Waals surface area (Å²) in [7, 11) is 0. The van der Waals surface area contributed by atoms with Crippen LogP contribution in [0.3, 0.4) is 0 Å². The molecule has 0 saturated carbocycles. The Hall–Kier alpha value is -3.59. The van der Waals surface area contributed by atoms with Crippen molar-refractivity contribution < 1.29 is 33.0 Å². The number of para-hydroxylation sites is 1. The van der Waals surface area contributed by atoms with Crippen LogP contribution < -0.4 is 10.1 Å². The van der Waals surface area contributed by atoms with Gasteiger partial charge < -0.3 is 23.9 Å². The van der Waals surface area contributed by atoms with Crippen molar-refractivity contribution >= 4 is 34.2 Å². The molecule has 8 nitrogen and oxygen atoms in total. The summed E-state index contributed by atoms with van der Waals surface area (Å²) in [6.45, 7) is 3.33. The number of aryl methyl sites for hydroxylation is 1. The highest BCUT2D eigenvalue weighted by molar-refractivity contribution is 7.18. The summed E-state index contributed by atoms with van der Waals surface area (Å²) in [5.74, 6) is -1.14. The van der Waals surface area contributed by atoms with Crippen molar-refractivity contribution in [3.8, 4) is 5.75 Å². The summed E-state index contributed by atoms with van der Waals surface area (Å²) in [5, 5.41) is 3.06. The normalized spacial score (nSPS) is 10.4. The zero-order valence-electron chi connectivity index (χ0n) is 17.0. The third-order valence-corrected chi connectivity index (χ3v) is 5.18. The Labute approximate surface area is 182 Å². The Morgan fingerprint density at radius 2 is 1.84 bits per heavy atom. The maximum Gasteiger partial charge on any atom is 0.375 e. The van der Waals surface area contributed by atoms with Gasteiger partial charge >= 0.3 is 11.9 Å². The Morgan fingerprint density at radius 3 is 2.58 bits per heavy atom. The number of esters is 2. The van der Waals surface area contributed by atoms with Crippen LogP contribution in [-0.4, -0.2) is 31.1 Å². The standard InChI is InChI=1S/C22H21NO7S/c1-3-27-22(26)20-14(2)11-18(31-20)23-17(24)13-30-21(25)19-15(9-10-28-19)12-29-16-7-5-4-6-8-16/h4-11H,3,12-13H2,1-2H3,(H,23,24). The van der Waals surface area contributed by atoms with E-state index < -0.39 is 24.5 Å². The first-order chi connectivity index (χ1) is 15.0. The van der Waals surface area contributed by atoms with Gasteiger partial charge in [-0.2, -0.15) is 0 Å². The molecule has 0 fully saturated rings. The van der Waals surface area contributed by atoms with Gasteiger partial charge in [0.2, 0.25) is 5.76 Å². The van der Waals surface area contributed by atoms with Crippen molar-refractivity contribution in [2.75, 3.05) is 18.5 Å². The van der Waals surface area contributed by atoms with E-state index in [2.05, 4.69) is 5.32 Å². The van der Waals surface area contributed by atoms with Gasteiger partial charge in [0.1, 0.15) is 17.2 Å². The van der Waals surface area contributed by atoms with Gasteiger partial charge in [0.15, 0.2) is 6.61 Å². The van der Waals surface area contributed by atoms with E-state index in [-0.39, 0.29) is 19.0 Å². The lowest BCUT2D eigenvalue weighted by molar-refractivity contribution is -0.119. The highest BCUT2D eigenvalue weighted by atomic mass is 32.1. The molecule has 1 N–H and O–H groups in total. The second-order valence-corrected chi connectivity index (χ2v) is 7.40. The number of carbonyl (C=O) groups is 3.